The van der Waals surface area contributed by atoms with Crippen molar-refractivity contribution in [2.75, 3.05) is 20.6 Å². The maximum atomic E-state index is 12.3. The predicted octanol–water partition coefficient (Wildman–Crippen LogP) is 1.88. The lowest BCUT2D eigenvalue weighted by Crippen LogP contribution is -2.32. The number of nitrogens with zero attached hydrogens (tertiary/aromatic N) is 1. The number of rotatable bonds is 4. The number of hydrogen-bond acceptors (Lipinski definition) is 2. The number of likely N-dealkylation sites (N-methyl/N-ethyl adjacent to an activating group) is 1. The van der Waals surface area contributed by atoms with E-state index in [-0.39, 0.29) is 19.0 Å². The first-order chi connectivity index (χ1) is 8.29. The molecule has 0 aromatic heterocycles. The molecule has 1 aromatic rings. The number of hydrogen-bond donors (Lipinski definition) is 1. The topological polar surface area (TPSA) is 32.3 Å². The third kappa shape index (κ3) is 4.75. The van der Waals surface area contributed by atoms with Crippen LogP contribution in [0.4, 0.5) is 13.2 Å². The highest BCUT2D eigenvalue weighted by molar-refractivity contribution is 5.77. The molecule has 0 aliphatic carbocycles. The van der Waals surface area contributed by atoms with Crippen molar-refractivity contribution >= 4 is 5.91 Å². The first-order valence-corrected chi connectivity index (χ1v) is 5.36. The van der Waals surface area contributed by atoms with Gasteiger partial charge in [-0.3, -0.25) is 4.79 Å². The fourth-order valence-electron chi connectivity index (χ4n) is 1.36. The molecule has 18 heavy (non-hydrogen) atoms. The summed E-state index contributed by atoms with van der Waals surface area (Å²) in [5.41, 5.74) is -0.0547. The smallest absolute Gasteiger partial charge is 0.351 e. The Balaban J connectivity index is 2.52. The van der Waals surface area contributed by atoms with Gasteiger partial charge in [-0.15, -0.1) is 0 Å². The van der Waals surface area contributed by atoms with Gasteiger partial charge in [-0.2, -0.15) is 13.2 Å². The Bertz CT molecular complexity index is 399. The number of benzene rings is 1. The summed E-state index contributed by atoms with van der Waals surface area (Å²) in [4.78, 5) is 13.0. The summed E-state index contributed by atoms with van der Waals surface area (Å²) in [6.07, 6.45) is -4.33. The summed E-state index contributed by atoms with van der Waals surface area (Å²) in [5, 5.41) is 2.63. The Hall–Kier alpha value is -1.56. The van der Waals surface area contributed by atoms with Crippen LogP contribution in [0.1, 0.15) is 11.1 Å². The van der Waals surface area contributed by atoms with Crippen LogP contribution in [0.2, 0.25) is 0 Å². The molecular weight excluding hydrogens is 245 g/mol. The fourth-order valence-corrected chi connectivity index (χ4v) is 1.36. The van der Waals surface area contributed by atoms with Gasteiger partial charge >= 0.3 is 6.18 Å². The molecule has 1 aromatic carbocycles. The Kier molecular flexibility index (Phi) is 4.72. The van der Waals surface area contributed by atoms with Gasteiger partial charge in [-0.05, 0) is 31.8 Å². The van der Waals surface area contributed by atoms with E-state index < -0.39 is 11.7 Å². The SMILES string of the molecule is CN(C)CC(=O)NCc1ccc(C(F)(F)F)cc1. The maximum Gasteiger partial charge on any atom is 0.416 e. The van der Waals surface area contributed by atoms with Crippen molar-refractivity contribution in [3.05, 3.63) is 35.4 Å². The number of carbonyl (C=O) groups is 1. The second kappa shape index (κ2) is 5.86. The summed E-state index contributed by atoms with van der Waals surface area (Å²) in [7, 11) is 3.52. The Morgan fingerprint density at radius 2 is 1.78 bits per heavy atom. The molecule has 100 valence electrons. The number of nitrogens with one attached hydrogen (secondary N) is 1. The van der Waals surface area contributed by atoms with Crippen molar-refractivity contribution in [1.82, 2.24) is 10.2 Å². The molecule has 3 nitrogen and oxygen atoms in total. The van der Waals surface area contributed by atoms with Crippen molar-refractivity contribution in [1.29, 1.82) is 0 Å². The Labute approximate surface area is 104 Å². The third-order valence-electron chi connectivity index (χ3n) is 2.23. The van der Waals surface area contributed by atoms with Crippen molar-refractivity contribution in [3.8, 4) is 0 Å². The molecule has 0 aliphatic heterocycles. The minimum atomic E-state index is -4.33. The molecule has 0 fully saturated rings. The van der Waals surface area contributed by atoms with E-state index in [9.17, 15) is 18.0 Å². The normalized spacial score (nSPS) is 11.7. The van der Waals surface area contributed by atoms with E-state index in [1.807, 2.05) is 0 Å². The predicted molar refractivity (Wildman–Crippen MR) is 61.8 cm³/mol. The molecule has 6 heteroatoms. The van der Waals surface area contributed by atoms with Crippen LogP contribution in [-0.4, -0.2) is 31.4 Å². The van der Waals surface area contributed by atoms with Crippen LogP contribution < -0.4 is 5.32 Å². The molecule has 0 spiro atoms. The standard InChI is InChI=1S/C12H15F3N2O/c1-17(2)8-11(18)16-7-9-3-5-10(6-4-9)12(13,14)15/h3-6H,7-8H2,1-2H3,(H,16,18). The van der Waals surface area contributed by atoms with Gasteiger partial charge in [0.1, 0.15) is 0 Å². The van der Waals surface area contributed by atoms with Gasteiger partial charge in [0, 0.05) is 6.54 Å². The third-order valence-corrected chi connectivity index (χ3v) is 2.23. The highest BCUT2D eigenvalue weighted by Crippen LogP contribution is 2.28. The van der Waals surface area contributed by atoms with Crippen LogP contribution in [0.25, 0.3) is 0 Å². The molecule has 0 saturated heterocycles. The van der Waals surface area contributed by atoms with Gasteiger partial charge in [-0.1, -0.05) is 12.1 Å². The zero-order valence-corrected chi connectivity index (χ0v) is 10.2. The number of carbonyl (C=O) groups excluding carboxylic acids is 1. The van der Waals surface area contributed by atoms with Gasteiger partial charge in [0.15, 0.2) is 0 Å². The molecule has 0 atom stereocenters. The Morgan fingerprint density at radius 3 is 2.22 bits per heavy atom. The molecule has 1 N–H and O–H groups in total. The minimum absolute atomic E-state index is 0.167. The monoisotopic (exact) mass is 260 g/mol. The van der Waals surface area contributed by atoms with Gasteiger partial charge < -0.3 is 10.2 Å². The summed E-state index contributed by atoms with van der Waals surface area (Å²) in [6, 6.07) is 4.73. The average molecular weight is 260 g/mol. The summed E-state index contributed by atoms with van der Waals surface area (Å²) < 4.78 is 36.9. The second-order valence-corrected chi connectivity index (χ2v) is 4.21. The van der Waals surface area contributed by atoms with Crippen LogP contribution in [-0.2, 0) is 17.5 Å². The first kappa shape index (κ1) is 14.5. The molecule has 1 rings (SSSR count). The first-order valence-electron chi connectivity index (χ1n) is 5.36. The van der Waals surface area contributed by atoms with Crippen molar-refractivity contribution in [3.63, 3.8) is 0 Å². The Morgan fingerprint density at radius 1 is 1.22 bits per heavy atom. The molecule has 0 saturated carbocycles. The molecule has 1 amide bonds. The summed E-state index contributed by atoms with van der Waals surface area (Å²) in [6.45, 7) is 0.478. The van der Waals surface area contributed by atoms with Crippen LogP contribution in [0.5, 0.6) is 0 Å². The van der Waals surface area contributed by atoms with Gasteiger partial charge in [-0.25, -0.2) is 0 Å². The lowest BCUT2D eigenvalue weighted by Gasteiger charge is -2.11. The van der Waals surface area contributed by atoms with Crippen LogP contribution >= 0.6 is 0 Å². The van der Waals surface area contributed by atoms with E-state index in [0.29, 0.717) is 5.56 Å². The molecule has 0 aliphatic rings. The molecule has 0 radical (unpaired) electrons. The highest BCUT2D eigenvalue weighted by Gasteiger charge is 2.29. The molecule has 0 bridgehead atoms. The summed E-state index contributed by atoms with van der Waals surface area (Å²) >= 11 is 0. The van der Waals surface area contributed by atoms with E-state index in [1.54, 1.807) is 19.0 Å². The lowest BCUT2D eigenvalue weighted by molar-refractivity contribution is -0.137. The highest BCUT2D eigenvalue weighted by atomic mass is 19.4. The van der Waals surface area contributed by atoms with Crippen LogP contribution in [0.15, 0.2) is 24.3 Å². The lowest BCUT2D eigenvalue weighted by atomic mass is 10.1. The minimum Gasteiger partial charge on any atom is -0.351 e. The second-order valence-electron chi connectivity index (χ2n) is 4.21. The quantitative estimate of drug-likeness (QED) is 0.896. The van der Waals surface area contributed by atoms with E-state index in [4.69, 9.17) is 0 Å². The molecule has 0 unspecified atom stereocenters. The zero-order valence-electron chi connectivity index (χ0n) is 10.2. The van der Waals surface area contributed by atoms with Crippen molar-refractivity contribution in [2.24, 2.45) is 0 Å². The van der Waals surface area contributed by atoms with Gasteiger partial charge in [0.25, 0.3) is 0 Å². The van der Waals surface area contributed by atoms with Gasteiger partial charge in [0.2, 0.25) is 5.91 Å². The maximum absolute atomic E-state index is 12.3. The van der Waals surface area contributed by atoms with Crippen LogP contribution in [0.3, 0.4) is 0 Å². The van der Waals surface area contributed by atoms with Crippen LogP contribution in [0, 0.1) is 0 Å². The summed E-state index contributed by atoms with van der Waals surface area (Å²) in [5.74, 6) is -0.167. The van der Waals surface area contributed by atoms with E-state index in [1.165, 1.54) is 12.1 Å². The van der Waals surface area contributed by atoms with E-state index >= 15 is 0 Å². The van der Waals surface area contributed by atoms with Gasteiger partial charge in [0.05, 0.1) is 12.1 Å². The molecular formula is C12H15F3N2O. The zero-order chi connectivity index (χ0) is 13.8. The van der Waals surface area contributed by atoms with E-state index in [0.717, 1.165) is 12.1 Å². The number of alkyl halides is 3. The van der Waals surface area contributed by atoms with Crippen molar-refractivity contribution < 1.29 is 18.0 Å². The average Bonchev–Trinajstić information content (AvgIpc) is 2.25. The fraction of sp³-hybridized carbons (Fsp3) is 0.417. The van der Waals surface area contributed by atoms with Crippen molar-refractivity contribution in [2.45, 2.75) is 12.7 Å². The van der Waals surface area contributed by atoms with E-state index in [2.05, 4.69) is 5.32 Å². The number of halogens is 3. The largest absolute Gasteiger partial charge is 0.416 e. The number of amides is 1. The molecule has 0 heterocycles.